The molecule has 1 unspecified atom stereocenters. The first-order valence-electron chi connectivity index (χ1n) is 2.71. The third kappa shape index (κ3) is 1.03. The van der Waals surface area contributed by atoms with Gasteiger partial charge in [-0.3, -0.25) is 0 Å². The molecule has 0 spiro atoms. The molecule has 0 amide bonds. The predicted octanol–water partition coefficient (Wildman–Crippen LogP) is 0.924. The lowest BCUT2D eigenvalue weighted by Gasteiger charge is -1.87. The lowest BCUT2D eigenvalue weighted by Crippen LogP contribution is -1.89. The summed E-state index contributed by atoms with van der Waals surface area (Å²) in [5.41, 5.74) is 1.47. The molecule has 0 aromatic rings. The lowest BCUT2D eigenvalue weighted by molar-refractivity contribution is 1.09. The molecule has 0 aromatic heterocycles. The summed E-state index contributed by atoms with van der Waals surface area (Å²) in [7, 11) is 0. The molecule has 1 heterocycles. The maximum absolute atomic E-state index is 3.22. The van der Waals surface area contributed by atoms with E-state index in [4.69, 9.17) is 0 Å². The molecule has 0 bridgehead atoms. The Hall–Kier alpha value is -0.300. The number of hydrogen-bond acceptors (Lipinski definition) is 1. The number of allylic oxidation sites excluding steroid dienone is 1. The van der Waals surface area contributed by atoms with Crippen LogP contribution in [0.25, 0.3) is 0 Å². The third-order valence-corrected chi connectivity index (χ3v) is 1.41. The molecule has 1 atom stereocenters. The van der Waals surface area contributed by atoms with E-state index >= 15 is 0 Å². The summed E-state index contributed by atoms with van der Waals surface area (Å²) in [6.45, 7) is 5.43. The van der Waals surface area contributed by atoms with E-state index in [1.165, 1.54) is 12.1 Å². The van der Waals surface area contributed by atoms with Gasteiger partial charge in [0.05, 0.1) is 0 Å². The lowest BCUT2D eigenvalue weighted by atomic mass is 10.2. The van der Waals surface area contributed by atoms with E-state index in [1.54, 1.807) is 0 Å². The van der Waals surface area contributed by atoms with Gasteiger partial charge in [0.2, 0.25) is 0 Å². The fraction of sp³-hybridized carbons (Fsp3) is 0.667. The highest BCUT2D eigenvalue weighted by Gasteiger charge is 2.20. The number of nitrogens with one attached hydrogen (secondary N) is 1. The average Bonchev–Trinajstić information content (AvgIpc) is 2.44. The molecular weight excluding hydrogens is 86.1 g/mol. The van der Waals surface area contributed by atoms with Crippen molar-refractivity contribution in [2.75, 3.05) is 6.54 Å². The zero-order valence-electron chi connectivity index (χ0n) is 4.86. The van der Waals surface area contributed by atoms with Crippen LogP contribution in [0.2, 0.25) is 0 Å². The molecule has 40 valence electrons. The van der Waals surface area contributed by atoms with E-state index in [0.717, 1.165) is 6.04 Å². The SMILES string of the molecule is CC=C(C)C1CN1. The van der Waals surface area contributed by atoms with Crippen molar-refractivity contribution >= 4 is 0 Å². The quantitative estimate of drug-likeness (QED) is 0.381. The highest BCUT2D eigenvalue weighted by atomic mass is 15.1. The molecule has 1 aliphatic heterocycles. The van der Waals surface area contributed by atoms with E-state index in [9.17, 15) is 0 Å². The molecule has 0 aliphatic carbocycles. The van der Waals surface area contributed by atoms with Gasteiger partial charge in [0.15, 0.2) is 0 Å². The Kier molecular flexibility index (Phi) is 1.15. The van der Waals surface area contributed by atoms with Crippen LogP contribution in [-0.2, 0) is 0 Å². The van der Waals surface area contributed by atoms with Crippen LogP contribution in [-0.4, -0.2) is 12.6 Å². The van der Waals surface area contributed by atoms with Crippen molar-refractivity contribution in [2.24, 2.45) is 0 Å². The van der Waals surface area contributed by atoms with Gasteiger partial charge in [-0.05, 0) is 13.8 Å². The van der Waals surface area contributed by atoms with Crippen molar-refractivity contribution < 1.29 is 0 Å². The highest BCUT2D eigenvalue weighted by molar-refractivity contribution is 5.14. The molecular formula is C6H11N. The maximum atomic E-state index is 3.22. The Bertz CT molecular complexity index is 90.4. The van der Waals surface area contributed by atoms with Gasteiger partial charge in [-0.1, -0.05) is 11.6 Å². The van der Waals surface area contributed by atoms with E-state index < -0.39 is 0 Å². The minimum Gasteiger partial charge on any atom is -0.307 e. The second-order valence-electron chi connectivity index (χ2n) is 1.99. The van der Waals surface area contributed by atoms with Crippen LogP contribution in [0.3, 0.4) is 0 Å². The average molecular weight is 97.2 g/mol. The molecule has 1 heteroatoms. The van der Waals surface area contributed by atoms with E-state index in [-0.39, 0.29) is 0 Å². The van der Waals surface area contributed by atoms with E-state index in [1.807, 2.05) is 0 Å². The predicted molar refractivity (Wildman–Crippen MR) is 31.2 cm³/mol. The first kappa shape index (κ1) is 4.85. The van der Waals surface area contributed by atoms with Crippen LogP contribution >= 0.6 is 0 Å². The molecule has 1 N–H and O–H groups in total. The molecule has 1 rings (SSSR count). The summed E-state index contributed by atoms with van der Waals surface area (Å²) in [6.07, 6.45) is 2.16. The molecule has 1 fully saturated rings. The normalized spacial score (nSPS) is 30.6. The van der Waals surface area contributed by atoms with Crippen LogP contribution in [0.5, 0.6) is 0 Å². The Morgan fingerprint density at radius 1 is 1.86 bits per heavy atom. The molecule has 0 saturated carbocycles. The molecule has 1 saturated heterocycles. The van der Waals surface area contributed by atoms with Crippen LogP contribution in [0, 0.1) is 0 Å². The molecule has 1 aliphatic rings. The topological polar surface area (TPSA) is 21.9 Å². The van der Waals surface area contributed by atoms with Gasteiger partial charge in [-0.2, -0.15) is 0 Å². The summed E-state index contributed by atoms with van der Waals surface area (Å²) in [5, 5.41) is 3.22. The second-order valence-corrected chi connectivity index (χ2v) is 1.99. The first-order valence-corrected chi connectivity index (χ1v) is 2.71. The van der Waals surface area contributed by atoms with E-state index in [0.29, 0.717) is 0 Å². The van der Waals surface area contributed by atoms with Gasteiger partial charge in [-0.25, -0.2) is 0 Å². The van der Waals surface area contributed by atoms with Crippen molar-refractivity contribution in [3.63, 3.8) is 0 Å². The van der Waals surface area contributed by atoms with Gasteiger partial charge >= 0.3 is 0 Å². The smallest absolute Gasteiger partial charge is 0.0403 e. The fourth-order valence-electron chi connectivity index (χ4n) is 0.582. The summed E-state index contributed by atoms with van der Waals surface area (Å²) in [5.74, 6) is 0. The maximum Gasteiger partial charge on any atom is 0.0403 e. The monoisotopic (exact) mass is 97.1 g/mol. The van der Waals surface area contributed by atoms with Crippen LogP contribution in [0.1, 0.15) is 13.8 Å². The second kappa shape index (κ2) is 1.66. The zero-order valence-corrected chi connectivity index (χ0v) is 4.86. The zero-order chi connectivity index (χ0) is 5.28. The Morgan fingerprint density at radius 3 is 2.57 bits per heavy atom. The third-order valence-electron chi connectivity index (χ3n) is 1.41. The highest BCUT2D eigenvalue weighted by Crippen LogP contribution is 2.08. The summed E-state index contributed by atoms with van der Waals surface area (Å²) in [4.78, 5) is 0. The largest absolute Gasteiger partial charge is 0.307 e. The fourth-order valence-corrected chi connectivity index (χ4v) is 0.582. The molecule has 1 nitrogen and oxygen atoms in total. The van der Waals surface area contributed by atoms with Gasteiger partial charge in [0.1, 0.15) is 0 Å². The van der Waals surface area contributed by atoms with Crippen LogP contribution in [0.15, 0.2) is 11.6 Å². The Morgan fingerprint density at radius 2 is 2.43 bits per heavy atom. The molecule has 0 radical (unpaired) electrons. The Balaban J connectivity index is 2.37. The van der Waals surface area contributed by atoms with Crippen molar-refractivity contribution in [3.8, 4) is 0 Å². The number of rotatable bonds is 1. The van der Waals surface area contributed by atoms with Crippen molar-refractivity contribution in [3.05, 3.63) is 11.6 Å². The summed E-state index contributed by atoms with van der Waals surface area (Å²) >= 11 is 0. The van der Waals surface area contributed by atoms with Gasteiger partial charge in [0.25, 0.3) is 0 Å². The summed E-state index contributed by atoms with van der Waals surface area (Å²) < 4.78 is 0. The molecule has 0 aromatic carbocycles. The van der Waals surface area contributed by atoms with Gasteiger partial charge in [0, 0.05) is 12.6 Å². The minimum atomic E-state index is 0.727. The van der Waals surface area contributed by atoms with Gasteiger partial charge < -0.3 is 5.32 Å². The standard InChI is InChI=1S/C6H11N/c1-3-5(2)6-4-7-6/h3,6-7H,4H2,1-2H3. The van der Waals surface area contributed by atoms with Gasteiger partial charge in [-0.15, -0.1) is 0 Å². The van der Waals surface area contributed by atoms with Crippen molar-refractivity contribution in [1.82, 2.24) is 5.32 Å². The van der Waals surface area contributed by atoms with Crippen molar-refractivity contribution in [1.29, 1.82) is 0 Å². The van der Waals surface area contributed by atoms with E-state index in [2.05, 4.69) is 25.2 Å². The van der Waals surface area contributed by atoms with Crippen LogP contribution < -0.4 is 5.32 Å². The minimum absolute atomic E-state index is 0.727. The first-order chi connectivity index (χ1) is 3.34. The molecule has 7 heavy (non-hydrogen) atoms. The summed E-state index contributed by atoms with van der Waals surface area (Å²) in [6, 6.07) is 0.727. The Labute approximate surface area is 44.4 Å². The van der Waals surface area contributed by atoms with Crippen molar-refractivity contribution in [2.45, 2.75) is 19.9 Å². The van der Waals surface area contributed by atoms with Crippen LogP contribution in [0.4, 0.5) is 0 Å². The number of hydrogen-bond donors (Lipinski definition) is 1.